The molecule has 1 rings (SSSR count). The Morgan fingerprint density at radius 2 is 2.40 bits per heavy atom. The highest BCUT2D eigenvalue weighted by Crippen LogP contribution is 2.18. The molecule has 0 bridgehead atoms. The Hall–Kier alpha value is -0.120. The van der Waals surface area contributed by atoms with Crippen LogP contribution in [-0.2, 0) is 4.74 Å². The van der Waals surface area contributed by atoms with Gasteiger partial charge in [0.25, 0.3) is 0 Å². The molecule has 1 aliphatic heterocycles. The number of rotatable bonds is 1. The van der Waals surface area contributed by atoms with Gasteiger partial charge in [-0.1, -0.05) is 6.92 Å². The van der Waals surface area contributed by atoms with Crippen LogP contribution in [0.2, 0.25) is 0 Å². The zero-order valence-electron chi connectivity index (χ0n) is 6.29. The van der Waals surface area contributed by atoms with E-state index in [2.05, 4.69) is 6.92 Å². The SMILES string of the molecule is CC1C[C@@H](N)CO[C@@H]1CO. The third-order valence-electron chi connectivity index (χ3n) is 2.01. The van der Waals surface area contributed by atoms with E-state index >= 15 is 0 Å². The molecule has 0 aromatic carbocycles. The Labute approximate surface area is 61.2 Å². The maximum atomic E-state index is 8.78. The molecular weight excluding hydrogens is 130 g/mol. The lowest BCUT2D eigenvalue weighted by atomic mass is 9.94. The Morgan fingerprint density at radius 3 is 2.90 bits per heavy atom. The van der Waals surface area contributed by atoms with Crippen molar-refractivity contribution in [2.24, 2.45) is 11.7 Å². The molecule has 0 saturated carbocycles. The number of ether oxygens (including phenoxy) is 1. The molecule has 1 fully saturated rings. The van der Waals surface area contributed by atoms with Crippen LogP contribution in [0.25, 0.3) is 0 Å². The first-order valence-corrected chi connectivity index (χ1v) is 3.72. The molecule has 60 valence electrons. The molecule has 0 aromatic heterocycles. The van der Waals surface area contributed by atoms with E-state index in [9.17, 15) is 0 Å². The van der Waals surface area contributed by atoms with Crippen molar-refractivity contribution < 1.29 is 9.84 Å². The van der Waals surface area contributed by atoms with E-state index in [1.807, 2.05) is 0 Å². The fraction of sp³-hybridized carbons (Fsp3) is 1.00. The molecule has 3 atom stereocenters. The molecule has 1 saturated heterocycles. The summed E-state index contributed by atoms with van der Waals surface area (Å²) in [6.45, 7) is 2.77. The molecule has 0 radical (unpaired) electrons. The number of hydrogen-bond donors (Lipinski definition) is 2. The van der Waals surface area contributed by atoms with Gasteiger partial charge in [0.15, 0.2) is 0 Å². The van der Waals surface area contributed by atoms with Crippen molar-refractivity contribution >= 4 is 0 Å². The third kappa shape index (κ3) is 1.68. The van der Waals surface area contributed by atoms with Gasteiger partial charge >= 0.3 is 0 Å². The molecule has 3 nitrogen and oxygen atoms in total. The van der Waals surface area contributed by atoms with E-state index in [4.69, 9.17) is 15.6 Å². The molecule has 3 heteroatoms. The Morgan fingerprint density at radius 1 is 1.70 bits per heavy atom. The zero-order valence-corrected chi connectivity index (χ0v) is 6.29. The van der Waals surface area contributed by atoms with Gasteiger partial charge in [-0.2, -0.15) is 0 Å². The van der Waals surface area contributed by atoms with Crippen LogP contribution in [0.4, 0.5) is 0 Å². The maximum Gasteiger partial charge on any atom is 0.0832 e. The van der Waals surface area contributed by atoms with Crippen molar-refractivity contribution in [3.8, 4) is 0 Å². The minimum absolute atomic E-state index is 0.0137. The number of aliphatic hydroxyl groups excluding tert-OH is 1. The maximum absolute atomic E-state index is 8.78. The van der Waals surface area contributed by atoms with Gasteiger partial charge in [0.1, 0.15) is 0 Å². The molecular formula is C7H15NO2. The summed E-state index contributed by atoms with van der Waals surface area (Å²) < 4.78 is 5.28. The van der Waals surface area contributed by atoms with Crippen molar-refractivity contribution in [3.05, 3.63) is 0 Å². The van der Waals surface area contributed by atoms with Gasteiger partial charge in [-0.15, -0.1) is 0 Å². The minimum atomic E-state index is 0.0137. The predicted molar refractivity (Wildman–Crippen MR) is 38.6 cm³/mol. The normalized spacial score (nSPS) is 41.7. The largest absolute Gasteiger partial charge is 0.394 e. The highest BCUT2D eigenvalue weighted by atomic mass is 16.5. The first kappa shape index (κ1) is 7.98. The van der Waals surface area contributed by atoms with Crippen LogP contribution in [0, 0.1) is 5.92 Å². The Bertz CT molecular complexity index is 108. The van der Waals surface area contributed by atoms with Crippen molar-refractivity contribution in [2.45, 2.75) is 25.5 Å². The second kappa shape index (κ2) is 3.32. The predicted octanol–water partition coefficient (Wildman–Crippen LogP) is -0.269. The molecule has 1 unspecified atom stereocenters. The second-order valence-electron chi connectivity index (χ2n) is 3.03. The summed E-state index contributed by atoms with van der Waals surface area (Å²) in [5, 5.41) is 8.78. The first-order valence-electron chi connectivity index (χ1n) is 3.72. The highest BCUT2D eigenvalue weighted by Gasteiger charge is 2.25. The molecule has 0 amide bonds. The molecule has 0 aromatic rings. The second-order valence-corrected chi connectivity index (χ2v) is 3.03. The van der Waals surface area contributed by atoms with Crippen LogP contribution >= 0.6 is 0 Å². The zero-order chi connectivity index (χ0) is 7.56. The van der Waals surface area contributed by atoms with Crippen LogP contribution in [-0.4, -0.2) is 30.5 Å². The van der Waals surface area contributed by atoms with Crippen molar-refractivity contribution in [1.82, 2.24) is 0 Å². The Kier molecular flexibility index (Phi) is 2.65. The fourth-order valence-corrected chi connectivity index (χ4v) is 1.34. The molecule has 10 heavy (non-hydrogen) atoms. The van der Waals surface area contributed by atoms with Crippen molar-refractivity contribution in [2.75, 3.05) is 13.2 Å². The van der Waals surface area contributed by atoms with E-state index < -0.39 is 0 Å². The van der Waals surface area contributed by atoms with Crippen molar-refractivity contribution in [3.63, 3.8) is 0 Å². The lowest BCUT2D eigenvalue weighted by Crippen LogP contribution is -2.42. The monoisotopic (exact) mass is 145 g/mol. The highest BCUT2D eigenvalue weighted by molar-refractivity contribution is 4.77. The standard InChI is InChI=1S/C7H15NO2/c1-5-2-6(8)4-10-7(5)3-9/h5-7,9H,2-4,8H2,1H3/t5?,6-,7-/m1/s1. The van der Waals surface area contributed by atoms with Gasteiger partial charge in [0.05, 0.1) is 19.3 Å². The molecule has 0 aliphatic carbocycles. The summed E-state index contributed by atoms with van der Waals surface area (Å²) in [5.41, 5.74) is 5.64. The molecule has 1 heterocycles. The minimum Gasteiger partial charge on any atom is -0.394 e. The van der Waals surface area contributed by atoms with Crippen molar-refractivity contribution in [1.29, 1.82) is 0 Å². The third-order valence-corrected chi connectivity index (χ3v) is 2.01. The van der Waals surface area contributed by atoms with Gasteiger partial charge in [-0.3, -0.25) is 0 Å². The van der Waals surface area contributed by atoms with Crippen LogP contribution in [0.15, 0.2) is 0 Å². The van der Waals surface area contributed by atoms with Gasteiger partial charge in [-0.05, 0) is 12.3 Å². The average Bonchev–Trinajstić information content (AvgIpc) is 1.88. The number of aliphatic hydroxyl groups is 1. The van der Waals surface area contributed by atoms with Crippen LogP contribution in [0.3, 0.4) is 0 Å². The van der Waals surface area contributed by atoms with E-state index in [1.54, 1.807) is 0 Å². The summed E-state index contributed by atoms with van der Waals surface area (Å²) in [7, 11) is 0. The van der Waals surface area contributed by atoms with Gasteiger partial charge in [0.2, 0.25) is 0 Å². The number of hydrogen-bond acceptors (Lipinski definition) is 3. The van der Waals surface area contributed by atoms with E-state index in [0.29, 0.717) is 12.5 Å². The van der Waals surface area contributed by atoms with Gasteiger partial charge in [-0.25, -0.2) is 0 Å². The van der Waals surface area contributed by atoms with E-state index in [-0.39, 0.29) is 18.8 Å². The van der Waals surface area contributed by atoms with E-state index in [1.165, 1.54) is 0 Å². The average molecular weight is 145 g/mol. The molecule has 3 N–H and O–H groups in total. The Balaban J connectivity index is 2.36. The molecule has 1 aliphatic rings. The summed E-state index contributed by atoms with van der Waals surface area (Å²) in [6.07, 6.45) is 0.977. The lowest BCUT2D eigenvalue weighted by molar-refractivity contribution is -0.0574. The summed E-state index contributed by atoms with van der Waals surface area (Å²) in [5.74, 6) is 0.397. The summed E-state index contributed by atoms with van der Waals surface area (Å²) >= 11 is 0. The molecule has 0 spiro atoms. The van der Waals surface area contributed by atoms with E-state index in [0.717, 1.165) is 6.42 Å². The summed E-state index contributed by atoms with van der Waals surface area (Å²) in [6, 6.07) is 0.165. The first-order chi connectivity index (χ1) is 4.74. The lowest BCUT2D eigenvalue weighted by Gasteiger charge is -2.31. The van der Waals surface area contributed by atoms with Crippen LogP contribution in [0.5, 0.6) is 0 Å². The van der Waals surface area contributed by atoms with Gasteiger partial charge in [0, 0.05) is 6.04 Å². The fourth-order valence-electron chi connectivity index (χ4n) is 1.34. The quantitative estimate of drug-likeness (QED) is 0.534. The summed E-state index contributed by atoms with van der Waals surface area (Å²) in [4.78, 5) is 0. The van der Waals surface area contributed by atoms with Gasteiger partial charge < -0.3 is 15.6 Å². The topological polar surface area (TPSA) is 55.5 Å². The van der Waals surface area contributed by atoms with Crippen LogP contribution in [0.1, 0.15) is 13.3 Å². The van der Waals surface area contributed by atoms with Crippen LogP contribution < -0.4 is 5.73 Å². The smallest absolute Gasteiger partial charge is 0.0832 e. The number of nitrogens with two attached hydrogens (primary N) is 1.